The SMILES string of the molecule is CCCCCCCCCCNCC(=O)NC1CCCC1. The Labute approximate surface area is 125 Å². The smallest absolute Gasteiger partial charge is 0.234 e. The summed E-state index contributed by atoms with van der Waals surface area (Å²) in [5.41, 5.74) is 0. The summed E-state index contributed by atoms with van der Waals surface area (Å²) in [6.45, 7) is 3.73. The van der Waals surface area contributed by atoms with Crippen molar-refractivity contribution in [1.82, 2.24) is 10.6 Å². The van der Waals surface area contributed by atoms with Crippen LogP contribution in [0.4, 0.5) is 0 Å². The molecule has 20 heavy (non-hydrogen) atoms. The largest absolute Gasteiger partial charge is 0.352 e. The van der Waals surface area contributed by atoms with Gasteiger partial charge in [0.25, 0.3) is 0 Å². The molecule has 118 valence electrons. The van der Waals surface area contributed by atoms with Crippen LogP contribution in [0, 0.1) is 0 Å². The molecular formula is C17H34N2O. The second kappa shape index (κ2) is 12.2. The van der Waals surface area contributed by atoms with Crippen LogP contribution in [0.15, 0.2) is 0 Å². The Bertz CT molecular complexity index is 237. The van der Waals surface area contributed by atoms with Crippen molar-refractivity contribution in [3.05, 3.63) is 0 Å². The topological polar surface area (TPSA) is 41.1 Å². The van der Waals surface area contributed by atoms with Crippen molar-refractivity contribution in [3.63, 3.8) is 0 Å². The van der Waals surface area contributed by atoms with E-state index in [1.807, 2.05) is 0 Å². The van der Waals surface area contributed by atoms with Crippen LogP contribution in [0.5, 0.6) is 0 Å². The molecule has 1 amide bonds. The predicted octanol–water partition coefficient (Wildman–Crippen LogP) is 3.78. The van der Waals surface area contributed by atoms with Crippen LogP contribution >= 0.6 is 0 Å². The first-order valence-corrected chi connectivity index (χ1v) is 8.83. The van der Waals surface area contributed by atoms with Crippen molar-refractivity contribution >= 4 is 5.91 Å². The molecule has 3 nitrogen and oxygen atoms in total. The van der Waals surface area contributed by atoms with E-state index in [2.05, 4.69) is 17.6 Å². The molecule has 0 heterocycles. The summed E-state index contributed by atoms with van der Waals surface area (Å²) >= 11 is 0. The average molecular weight is 282 g/mol. The second-order valence-corrected chi connectivity index (χ2v) is 6.20. The summed E-state index contributed by atoms with van der Waals surface area (Å²) in [6.07, 6.45) is 15.6. The second-order valence-electron chi connectivity index (χ2n) is 6.20. The van der Waals surface area contributed by atoms with Crippen LogP contribution in [0.1, 0.15) is 84.0 Å². The Kier molecular flexibility index (Phi) is 10.7. The van der Waals surface area contributed by atoms with Crippen molar-refractivity contribution in [1.29, 1.82) is 0 Å². The number of rotatable bonds is 12. The molecule has 1 fully saturated rings. The van der Waals surface area contributed by atoms with E-state index in [0.29, 0.717) is 12.6 Å². The van der Waals surface area contributed by atoms with Crippen molar-refractivity contribution in [2.75, 3.05) is 13.1 Å². The zero-order valence-electron chi connectivity index (χ0n) is 13.4. The summed E-state index contributed by atoms with van der Waals surface area (Å²) in [7, 11) is 0. The number of hydrogen-bond donors (Lipinski definition) is 2. The molecule has 0 aromatic carbocycles. The number of carbonyl (C=O) groups is 1. The first-order valence-electron chi connectivity index (χ1n) is 8.83. The van der Waals surface area contributed by atoms with Crippen LogP contribution < -0.4 is 10.6 Å². The van der Waals surface area contributed by atoms with Gasteiger partial charge in [0.05, 0.1) is 6.54 Å². The van der Waals surface area contributed by atoms with Gasteiger partial charge in [-0.2, -0.15) is 0 Å². The molecule has 0 aromatic heterocycles. The van der Waals surface area contributed by atoms with Gasteiger partial charge < -0.3 is 10.6 Å². The summed E-state index contributed by atoms with van der Waals surface area (Å²) in [4.78, 5) is 11.7. The van der Waals surface area contributed by atoms with Gasteiger partial charge >= 0.3 is 0 Å². The fourth-order valence-electron chi connectivity index (χ4n) is 2.93. The van der Waals surface area contributed by atoms with E-state index in [0.717, 1.165) is 6.54 Å². The van der Waals surface area contributed by atoms with Gasteiger partial charge in [0, 0.05) is 6.04 Å². The number of nitrogens with one attached hydrogen (secondary N) is 2. The van der Waals surface area contributed by atoms with Gasteiger partial charge in [0.1, 0.15) is 0 Å². The highest BCUT2D eigenvalue weighted by Crippen LogP contribution is 2.17. The molecule has 2 N–H and O–H groups in total. The highest BCUT2D eigenvalue weighted by molar-refractivity contribution is 5.78. The average Bonchev–Trinajstić information content (AvgIpc) is 2.93. The molecule has 1 aliphatic carbocycles. The quantitative estimate of drug-likeness (QED) is 0.535. The molecule has 0 aliphatic heterocycles. The number of amides is 1. The van der Waals surface area contributed by atoms with Crippen LogP contribution in [0.2, 0.25) is 0 Å². The fraction of sp³-hybridized carbons (Fsp3) is 0.941. The molecule has 1 saturated carbocycles. The van der Waals surface area contributed by atoms with Gasteiger partial charge in [-0.25, -0.2) is 0 Å². The van der Waals surface area contributed by atoms with Gasteiger partial charge in [-0.15, -0.1) is 0 Å². The third-order valence-electron chi connectivity index (χ3n) is 4.21. The Morgan fingerprint density at radius 2 is 1.55 bits per heavy atom. The molecule has 1 aliphatic rings. The van der Waals surface area contributed by atoms with Crippen LogP contribution in [0.25, 0.3) is 0 Å². The fourth-order valence-corrected chi connectivity index (χ4v) is 2.93. The Morgan fingerprint density at radius 1 is 0.950 bits per heavy atom. The minimum Gasteiger partial charge on any atom is -0.352 e. The highest BCUT2D eigenvalue weighted by atomic mass is 16.1. The van der Waals surface area contributed by atoms with E-state index >= 15 is 0 Å². The van der Waals surface area contributed by atoms with Crippen molar-refractivity contribution in [3.8, 4) is 0 Å². The molecule has 0 radical (unpaired) electrons. The zero-order valence-corrected chi connectivity index (χ0v) is 13.4. The molecular weight excluding hydrogens is 248 g/mol. The Morgan fingerprint density at radius 3 is 2.20 bits per heavy atom. The summed E-state index contributed by atoms with van der Waals surface area (Å²) in [5.74, 6) is 0.177. The van der Waals surface area contributed by atoms with Gasteiger partial charge in [-0.05, 0) is 25.8 Å². The molecule has 0 atom stereocenters. The lowest BCUT2D eigenvalue weighted by Crippen LogP contribution is -2.39. The monoisotopic (exact) mass is 282 g/mol. The van der Waals surface area contributed by atoms with E-state index in [-0.39, 0.29) is 5.91 Å². The van der Waals surface area contributed by atoms with Gasteiger partial charge in [-0.1, -0.05) is 64.7 Å². The zero-order chi connectivity index (χ0) is 14.5. The first-order chi connectivity index (χ1) is 9.83. The molecule has 0 spiro atoms. The summed E-state index contributed by atoms with van der Waals surface area (Å²) in [6, 6.07) is 0.451. The van der Waals surface area contributed by atoms with Crippen LogP contribution in [-0.2, 0) is 4.79 Å². The molecule has 3 heteroatoms. The lowest BCUT2D eigenvalue weighted by atomic mass is 10.1. The van der Waals surface area contributed by atoms with Crippen molar-refractivity contribution < 1.29 is 4.79 Å². The number of hydrogen-bond acceptors (Lipinski definition) is 2. The van der Waals surface area contributed by atoms with Crippen LogP contribution in [-0.4, -0.2) is 25.0 Å². The third kappa shape index (κ3) is 9.35. The Balaban J connectivity index is 1.78. The predicted molar refractivity (Wildman–Crippen MR) is 85.9 cm³/mol. The molecule has 0 aromatic rings. The Hall–Kier alpha value is -0.570. The maximum Gasteiger partial charge on any atom is 0.234 e. The van der Waals surface area contributed by atoms with Gasteiger partial charge in [0.2, 0.25) is 5.91 Å². The molecule has 0 saturated heterocycles. The van der Waals surface area contributed by atoms with Crippen molar-refractivity contribution in [2.45, 2.75) is 90.0 Å². The number of unbranched alkanes of at least 4 members (excludes halogenated alkanes) is 7. The molecule has 0 unspecified atom stereocenters. The summed E-state index contributed by atoms with van der Waals surface area (Å²) < 4.78 is 0. The van der Waals surface area contributed by atoms with E-state index in [1.165, 1.54) is 77.0 Å². The maximum absolute atomic E-state index is 11.7. The van der Waals surface area contributed by atoms with Gasteiger partial charge in [0.15, 0.2) is 0 Å². The van der Waals surface area contributed by atoms with E-state index in [4.69, 9.17) is 0 Å². The summed E-state index contributed by atoms with van der Waals surface area (Å²) in [5, 5.41) is 6.37. The van der Waals surface area contributed by atoms with E-state index < -0.39 is 0 Å². The molecule has 1 rings (SSSR count). The van der Waals surface area contributed by atoms with Crippen molar-refractivity contribution in [2.24, 2.45) is 0 Å². The van der Waals surface area contributed by atoms with E-state index in [9.17, 15) is 4.79 Å². The van der Waals surface area contributed by atoms with Crippen LogP contribution in [0.3, 0.4) is 0 Å². The maximum atomic E-state index is 11.7. The first kappa shape index (κ1) is 17.5. The standard InChI is InChI=1S/C17H34N2O/c1-2-3-4-5-6-7-8-11-14-18-15-17(20)19-16-12-9-10-13-16/h16,18H,2-15H2,1H3,(H,19,20). The lowest BCUT2D eigenvalue weighted by Gasteiger charge is -2.12. The number of carbonyl (C=O) groups excluding carboxylic acids is 1. The minimum absolute atomic E-state index is 0.177. The van der Waals surface area contributed by atoms with Gasteiger partial charge in [-0.3, -0.25) is 4.79 Å². The lowest BCUT2D eigenvalue weighted by molar-refractivity contribution is -0.120. The minimum atomic E-state index is 0.177. The normalized spacial score (nSPS) is 15.7. The van der Waals surface area contributed by atoms with E-state index in [1.54, 1.807) is 0 Å². The third-order valence-corrected chi connectivity index (χ3v) is 4.21. The molecule has 0 bridgehead atoms. The highest BCUT2D eigenvalue weighted by Gasteiger charge is 2.16.